The minimum atomic E-state index is 0.633. The molecule has 19 heavy (non-hydrogen) atoms. The van der Waals surface area contributed by atoms with Crippen LogP contribution < -0.4 is 5.32 Å². The monoisotopic (exact) mass is 269 g/mol. The first-order chi connectivity index (χ1) is 9.26. The van der Waals surface area contributed by atoms with Crippen LogP contribution in [0.3, 0.4) is 0 Å². The van der Waals surface area contributed by atoms with E-state index >= 15 is 0 Å². The fourth-order valence-corrected chi connectivity index (χ4v) is 3.55. The van der Waals surface area contributed by atoms with Gasteiger partial charge >= 0.3 is 0 Å². The molecule has 0 aromatic rings. The summed E-state index contributed by atoms with van der Waals surface area (Å²) in [4.78, 5) is 5.31. The van der Waals surface area contributed by atoms with Crippen molar-refractivity contribution in [2.24, 2.45) is 0 Å². The number of likely N-dealkylation sites (tertiary alicyclic amines) is 1. The molecule has 2 aliphatic heterocycles. The number of rotatable bonds is 6. The van der Waals surface area contributed by atoms with Gasteiger partial charge in [0.15, 0.2) is 0 Å². The van der Waals surface area contributed by atoms with Crippen molar-refractivity contribution in [1.82, 2.24) is 15.1 Å². The highest BCUT2D eigenvalue weighted by molar-refractivity contribution is 4.90. The summed E-state index contributed by atoms with van der Waals surface area (Å²) in [6.45, 7) is 14.5. The number of hydrogen-bond donors (Lipinski definition) is 1. The van der Waals surface area contributed by atoms with Crippen molar-refractivity contribution >= 4 is 0 Å². The first kappa shape index (κ1) is 15.2. The summed E-state index contributed by atoms with van der Waals surface area (Å²) in [5.41, 5.74) is 0. The highest BCUT2D eigenvalue weighted by Crippen LogP contribution is 2.20. The quantitative estimate of drug-likeness (QED) is 0.783. The van der Waals surface area contributed by atoms with E-state index in [1.54, 1.807) is 0 Å². The van der Waals surface area contributed by atoms with Gasteiger partial charge in [-0.3, -0.25) is 9.80 Å². The zero-order chi connectivity index (χ0) is 13.7. The lowest BCUT2D eigenvalue weighted by Crippen LogP contribution is -2.49. The van der Waals surface area contributed by atoms with Crippen molar-refractivity contribution < 1.29 is 4.74 Å². The van der Waals surface area contributed by atoms with Crippen LogP contribution in [0.2, 0.25) is 0 Å². The van der Waals surface area contributed by atoms with Crippen LogP contribution >= 0.6 is 0 Å². The number of morpholine rings is 1. The van der Waals surface area contributed by atoms with Gasteiger partial charge in [-0.25, -0.2) is 0 Å². The van der Waals surface area contributed by atoms with E-state index in [2.05, 4.69) is 35.9 Å². The molecule has 0 bridgehead atoms. The minimum absolute atomic E-state index is 0.633. The summed E-state index contributed by atoms with van der Waals surface area (Å²) < 4.78 is 5.46. The summed E-state index contributed by atoms with van der Waals surface area (Å²) in [5, 5.41) is 3.63. The van der Waals surface area contributed by atoms with Crippen LogP contribution in [-0.4, -0.2) is 73.9 Å². The molecule has 3 unspecified atom stereocenters. The number of likely N-dealkylation sites (N-methyl/N-ethyl adjacent to an activating group) is 1. The van der Waals surface area contributed by atoms with Gasteiger partial charge in [0.05, 0.1) is 13.2 Å². The molecule has 0 spiro atoms. The molecule has 2 rings (SSSR count). The lowest BCUT2D eigenvalue weighted by molar-refractivity contribution is 0.0173. The molecule has 2 saturated heterocycles. The first-order valence-electron chi connectivity index (χ1n) is 8.05. The van der Waals surface area contributed by atoms with Crippen LogP contribution in [0, 0.1) is 0 Å². The Kier molecular flexibility index (Phi) is 6.07. The Hall–Kier alpha value is -0.160. The molecule has 1 N–H and O–H groups in total. The SMILES string of the molecule is CCNC(CC)C(C)N1CCC(N2CCOCC2)C1. The maximum Gasteiger partial charge on any atom is 0.0594 e. The van der Waals surface area contributed by atoms with E-state index in [1.807, 2.05) is 0 Å². The summed E-state index contributed by atoms with van der Waals surface area (Å²) in [5.74, 6) is 0. The van der Waals surface area contributed by atoms with E-state index in [4.69, 9.17) is 4.74 Å². The molecule has 0 aromatic carbocycles. The number of nitrogens with one attached hydrogen (secondary N) is 1. The maximum absolute atomic E-state index is 5.46. The molecule has 0 aromatic heterocycles. The fraction of sp³-hybridized carbons (Fsp3) is 1.00. The van der Waals surface area contributed by atoms with Crippen molar-refractivity contribution in [3.63, 3.8) is 0 Å². The number of nitrogens with zero attached hydrogens (tertiary/aromatic N) is 2. The van der Waals surface area contributed by atoms with Crippen molar-refractivity contribution in [1.29, 1.82) is 0 Å². The Bertz CT molecular complexity index is 256. The Labute approximate surface area is 118 Å². The van der Waals surface area contributed by atoms with Gasteiger partial charge in [0, 0.05) is 44.3 Å². The van der Waals surface area contributed by atoms with Gasteiger partial charge in [0.1, 0.15) is 0 Å². The minimum Gasteiger partial charge on any atom is -0.379 e. The predicted molar refractivity (Wildman–Crippen MR) is 79.6 cm³/mol. The predicted octanol–water partition coefficient (Wildman–Crippen LogP) is 1.17. The van der Waals surface area contributed by atoms with E-state index in [0.29, 0.717) is 12.1 Å². The van der Waals surface area contributed by atoms with Gasteiger partial charge in [-0.05, 0) is 26.3 Å². The molecule has 2 fully saturated rings. The summed E-state index contributed by atoms with van der Waals surface area (Å²) in [6, 6.07) is 2.04. The zero-order valence-electron chi connectivity index (χ0n) is 12.9. The molecule has 2 heterocycles. The van der Waals surface area contributed by atoms with Gasteiger partial charge in [0.2, 0.25) is 0 Å². The largest absolute Gasteiger partial charge is 0.379 e. The van der Waals surface area contributed by atoms with Crippen molar-refractivity contribution in [3.05, 3.63) is 0 Å². The van der Waals surface area contributed by atoms with Crippen LogP contribution in [0.25, 0.3) is 0 Å². The topological polar surface area (TPSA) is 27.7 Å². The molecule has 0 aliphatic carbocycles. The van der Waals surface area contributed by atoms with Crippen molar-refractivity contribution in [2.75, 3.05) is 45.9 Å². The highest BCUT2D eigenvalue weighted by Gasteiger charge is 2.32. The standard InChI is InChI=1S/C15H31N3O/c1-4-15(16-5-2)13(3)18-7-6-14(12-18)17-8-10-19-11-9-17/h13-16H,4-12H2,1-3H3. The van der Waals surface area contributed by atoms with E-state index in [9.17, 15) is 0 Å². The second kappa shape index (κ2) is 7.58. The van der Waals surface area contributed by atoms with E-state index in [-0.39, 0.29) is 0 Å². The molecule has 3 atom stereocenters. The molecule has 0 radical (unpaired) electrons. The first-order valence-corrected chi connectivity index (χ1v) is 8.05. The second-order valence-electron chi connectivity index (χ2n) is 5.90. The third-order valence-corrected chi connectivity index (χ3v) is 4.82. The Morgan fingerprint density at radius 3 is 2.58 bits per heavy atom. The number of hydrogen-bond acceptors (Lipinski definition) is 4. The highest BCUT2D eigenvalue weighted by atomic mass is 16.5. The summed E-state index contributed by atoms with van der Waals surface area (Å²) in [7, 11) is 0. The Morgan fingerprint density at radius 2 is 1.95 bits per heavy atom. The van der Waals surface area contributed by atoms with Gasteiger partial charge in [-0.2, -0.15) is 0 Å². The molecular formula is C15H31N3O. The molecule has 0 saturated carbocycles. The van der Waals surface area contributed by atoms with Gasteiger partial charge in [0.25, 0.3) is 0 Å². The number of ether oxygens (including phenoxy) is 1. The smallest absolute Gasteiger partial charge is 0.0594 e. The van der Waals surface area contributed by atoms with Crippen LogP contribution in [0.5, 0.6) is 0 Å². The summed E-state index contributed by atoms with van der Waals surface area (Å²) in [6.07, 6.45) is 2.54. The van der Waals surface area contributed by atoms with Crippen molar-refractivity contribution in [3.8, 4) is 0 Å². The average Bonchev–Trinajstić information content (AvgIpc) is 2.95. The van der Waals surface area contributed by atoms with Crippen molar-refractivity contribution in [2.45, 2.75) is 51.7 Å². The molecule has 0 amide bonds. The third kappa shape index (κ3) is 3.91. The zero-order valence-corrected chi connectivity index (χ0v) is 12.9. The summed E-state index contributed by atoms with van der Waals surface area (Å²) >= 11 is 0. The van der Waals surface area contributed by atoms with Gasteiger partial charge in [-0.15, -0.1) is 0 Å². The van der Waals surface area contributed by atoms with Gasteiger partial charge in [-0.1, -0.05) is 13.8 Å². The van der Waals surface area contributed by atoms with Crippen LogP contribution in [0.4, 0.5) is 0 Å². The Balaban J connectivity index is 1.82. The Morgan fingerprint density at radius 1 is 1.21 bits per heavy atom. The normalized spacial score (nSPS) is 29.5. The fourth-order valence-electron chi connectivity index (χ4n) is 3.55. The molecule has 2 aliphatic rings. The molecule has 112 valence electrons. The van der Waals surface area contributed by atoms with Crippen LogP contribution in [0.15, 0.2) is 0 Å². The van der Waals surface area contributed by atoms with Crippen LogP contribution in [0.1, 0.15) is 33.6 Å². The van der Waals surface area contributed by atoms with Gasteiger partial charge < -0.3 is 10.1 Å². The maximum atomic E-state index is 5.46. The lowest BCUT2D eigenvalue weighted by atomic mass is 10.1. The van der Waals surface area contributed by atoms with Crippen LogP contribution in [-0.2, 0) is 4.74 Å². The van der Waals surface area contributed by atoms with E-state index < -0.39 is 0 Å². The molecule has 4 heteroatoms. The molecule has 4 nitrogen and oxygen atoms in total. The third-order valence-electron chi connectivity index (χ3n) is 4.82. The lowest BCUT2D eigenvalue weighted by Gasteiger charge is -2.34. The second-order valence-corrected chi connectivity index (χ2v) is 5.90. The average molecular weight is 269 g/mol. The van der Waals surface area contributed by atoms with E-state index in [0.717, 1.165) is 38.9 Å². The van der Waals surface area contributed by atoms with E-state index in [1.165, 1.54) is 25.9 Å². The molecular weight excluding hydrogens is 238 g/mol.